The first-order valence-corrected chi connectivity index (χ1v) is 5.66. The molecule has 0 aliphatic heterocycles. The van der Waals surface area contributed by atoms with Crippen molar-refractivity contribution in [1.29, 1.82) is 0 Å². The number of hydrogen-bond acceptors (Lipinski definition) is 1. The number of nitrogens with zero attached hydrogens (tertiary/aromatic N) is 1. The maximum atomic E-state index is 4.18. The SMILES string of the molecule is [CH2]c1c(CCN(C)C)[nH]c2ccc(C)cc12. The molecule has 1 heterocycles. The van der Waals surface area contributed by atoms with E-state index in [2.05, 4.69) is 56.0 Å². The van der Waals surface area contributed by atoms with Crippen molar-refractivity contribution in [2.75, 3.05) is 20.6 Å². The minimum absolute atomic E-state index is 1.03. The summed E-state index contributed by atoms with van der Waals surface area (Å²) in [4.78, 5) is 5.65. The van der Waals surface area contributed by atoms with Crippen LogP contribution >= 0.6 is 0 Å². The summed E-state index contributed by atoms with van der Waals surface area (Å²) < 4.78 is 0. The topological polar surface area (TPSA) is 19.0 Å². The van der Waals surface area contributed by atoms with E-state index in [0.29, 0.717) is 0 Å². The van der Waals surface area contributed by atoms with E-state index >= 15 is 0 Å². The van der Waals surface area contributed by atoms with Gasteiger partial charge in [-0.1, -0.05) is 11.6 Å². The average Bonchev–Trinajstić information content (AvgIpc) is 2.53. The third-order valence-electron chi connectivity index (χ3n) is 2.96. The molecular weight excluding hydrogens is 196 g/mol. The number of aromatic amines is 1. The van der Waals surface area contributed by atoms with E-state index in [0.717, 1.165) is 18.5 Å². The van der Waals surface area contributed by atoms with Gasteiger partial charge in [-0.2, -0.15) is 0 Å². The first kappa shape index (κ1) is 11.2. The molecule has 1 N–H and O–H groups in total. The van der Waals surface area contributed by atoms with E-state index in [-0.39, 0.29) is 0 Å². The molecule has 0 amide bonds. The van der Waals surface area contributed by atoms with Crippen LogP contribution in [0.4, 0.5) is 0 Å². The maximum absolute atomic E-state index is 4.18. The van der Waals surface area contributed by atoms with Crippen LogP contribution in [0.3, 0.4) is 0 Å². The van der Waals surface area contributed by atoms with Crippen molar-refractivity contribution in [2.45, 2.75) is 13.3 Å². The second kappa shape index (κ2) is 4.30. The lowest BCUT2D eigenvalue weighted by Gasteiger charge is -2.08. The lowest BCUT2D eigenvalue weighted by Crippen LogP contribution is -2.15. The van der Waals surface area contributed by atoms with E-state index in [1.807, 2.05) is 0 Å². The Morgan fingerprint density at radius 3 is 2.75 bits per heavy atom. The van der Waals surface area contributed by atoms with Crippen LogP contribution < -0.4 is 0 Å². The molecule has 2 nitrogen and oxygen atoms in total. The predicted octanol–water partition coefficient (Wildman–Crippen LogP) is 2.76. The highest BCUT2D eigenvalue weighted by atomic mass is 15.0. The van der Waals surface area contributed by atoms with Gasteiger partial charge in [0.2, 0.25) is 0 Å². The van der Waals surface area contributed by atoms with Crippen LogP contribution in [-0.4, -0.2) is 30.5 Å². The molecule has 0 saturated carbocycles. The van der Waals surface area contributed by atoms with Crippen molar-refractivity contribution in [3.8, 4) is 0 Å². The summed E-state index contributed by atoms with van der Waals surface area (Å²) in [6.07, 6.45) is 1.03. The first-order chi connectivity index (χ1) is 7.58. The zero-order valence-corrected chi connectivity index (χ0v) is 10.3. The summed E-state index contributed by atoms with van der Waals surface area (Å²) in [5.41, 5.74) is 4.90. The van der Waals surface area contributed by atoms with Gasteiger partial charge in [0.1, 0.15) is 0 Å². The zero-order valence-electron chi connectivity index (χ0n) is 10.3. The highest BCUT2D eigenvalue weighted by Crippen LogP contribution is 2.23. The molecule has 1 aromatic carbocycles. The molecule has 2 heteroatoms. The molecule has 0 unspecified atom stereocenters. The molecule has 0 saturated heterocycles. The number of likely N-dealkylation sites (N-methyl/N-ethyl adjacent to an activating group) is 1. The van der Waals surface area contributed by atoms with Crippen LogP contribution in [0, 0.1) is 13.8 Å². The van der Waals surface area contributed by atoms with Gasteiger partial charge in [0.25, 0.3) is 0 Å². The first-order valence-electron chi connectivity index (χ1n) is 5.66. The molecule has 0 aliphatic carbocycles. The van der Waals surface area contributed by atoms with E-state index < -0.39 is 0 Å². The molecule has 0 fully saturated rings. The lowest BCUT2D eigenvalue weighted by molar-refractivity contribution is 0.412. The summed E-state index contributed by atoms with van der Waals surface area (Å²) in [6, 6.07) is 6.47. The largest absolute Gasteiger partial charge is 0.358 e. The summed E-state index contributed by atoms with van der Waals surface area (Å²) in [6.45, 7) is 7.34. The highest BCUT2D eigenvalue weighted by Gasteiger charge is 2.07. The van der Waals surface area contributed by atoms with Gasteiger partial charge in [-0.3, -0.25) is 0 Å². The number of aryl methyl sites for hydroxylation is 1. The van der Waals surface area contributed by atoms with Crippen LogP contribution in [0.15, 0.2) is 18.2 Å². The van der Waals surface area contributed by atoms with Gasteiger partial charge in [0, 0.05) is 29.6 Å². The Balaban J connectivity index is 2.36. The van der Waals surface area contributed by atoms with Crippen LogP contribution in [0.1, 0.15) is 16.8 Å². The summed E-state index contributed by atoms with van der Waals surface area (Å²) in [5.74, 6) is 0. The number of benzene rings is 1. The normalized spacial score (nSPS) is 11.6. The van der Waals surface area contributed by atoms with E-state index in [1.54, 1.807) is 0 Å². The van der Waals surface area contributed by atoms with Gasteiger partial charge in [-0.25, -0.2) is 0 Å². The Morgan fingerprint density at radius 1 is 1.31 bits per heavy atom. The van der Waals surface area contributed by atoms with Gasteiger partial charge in [0.15, 0.2) is 0 Å². The van der Waals surface area contributed by atoms with Crippen LogP contribution in [0.2, 0.25) is 0 Å². The molecular formula is C14H19N2. The predicted molar refractivity (Wildman–Crippen MR) is 69.8 cm³/mol. The Hall–Kier alpha value is -1.28. The fraction of sp³-hybridized carbons (Fsp3) is 0.357. The standard InChI is InChI=1S/C14H19N2/c1-10-5-6-14-12(9-10)11(2)13(15-14)7-8-16(3)4/h5-6,9,15H,2,7-8H2,1,3-4H3. The second-order valence-corrected chi connectivity index (χ2v) is 4.68. The molecule has 85 valence electrons. The van der Waals surface area contributed by atoms with E-state index in [1.165, 1.54) is 22.2 Å². The molecule has 2 rings (SSSR count). The number of nitrogens with one attached hydrogen (secondary N) is 1. The van der Waals surface area contributed by atoms with Gasteiger partial charge >= 0.3 is 0 Å². The van der Waals surface area contributed by atoms with Gasteiger partial charge in [-0.15, -0.1) is 0 Å². The smallest absolute Gasteiger partial charge is 0.0459 e. The average molecular weight is 215 g/mol. The number of aromatic nitrogens is 1. The van der Waals surface area contributed by atoms with Crippen LogP contribution in [-0.2, 0) is 6.42 Å². The fourth-order valence-electron chi connectivity index (χ4n) is 1.97. The van der Waals surface area contributed by atoms with Crippen LogP contribution in [0.25, 0.3) is 10.9 Å². The van der Waals surface area contributed by atoms with E-state index in [4.69, 9.17) is 0 Å². The molecule has 1 aromatic heterocycles. The van der Waals surface area contributed by atoms with Gasteiger partial charge in [-0.05, 0) is 45.6 Å². The quantitative estimate of drug-likeness (QED) is 0.834. The van der Waals surface area contributed by atoms with Crippen molar-refractivity contribution in [2.24, 2.45) is 0 Å². The van der Waals surface area contributed by atoms with Crippen molar-refractivity contribution in [1.82, 2.24) is 9.88 Å². The molecule has 1 radical (unpaired) electrons. The third kappa shape index (κ3) is 2.12. The Bertz CT molecular complexity index is 495. The zero-order chi connectivity index (χ0) is 11.7. The molecule has 16 heavy (non-hydrogen) atoms. The molecule has 0 aliphatic rings. The van der Waals surface area contributed by atoms with Crippen molar-refractivity contribution >= 4 is 10.9 Å². The summed E-state index contributed by atoms with van der Waals surface area (Å²) in [7, 11) is 4.19. The van der Waals surface area contributed by atoms with Gasteiger partial charge < -0.3 is 9.88 Å². The fourth-order valence-corrected chi connectivity index (χ4v) is 1.97. The third-order valence-corrected chi connectivity index (χ3v) is 2.96. The number of H-pyrrole nitrogens is 1. The summed E-state index contributed by atoms with van der Waals surface area (Å²) >= 11 is 0. The maximum Gasteiger partial charge on any atom is 0.0459 e. The number of hydrogen-bond donors (Lipinski definition) is 1. The van der Waals surface area contributed by atoms with Crippen LogP contribution in [0.5, 0.6) is 0 Å². The second-order valence-electron chi connectivity index (χ2n) is 4.68. The van der Waals surface area contributed by atoms with Crippen molar-refractivity contribution in [3.63, 3.8) is 0 Å². The Morgan fingerprint density at radius 2 is 2.06 bits per heavy atom. The molecule has 0 spiro atoms. The minimum atomic E-state index is 1.03. The lowest BCUT2D eigenvalue weighted by atomic mass is 10.1. The Kier molecular flexibility index (Phi) is 3.01. The monoisotopic (exact) mass is 215 g/mol. The van der Waals surface area contributed by atoms with Crippen molar-refractivity contribution in [3.05, 3.63) is 41.9 Å². The molecule has 0 bridgehead atoms. The van der Waals surface area contributed by atoms with E-state index in [9.17, 15) is 0 Å². The Labute approximate surface area is 97.3 Å². The molecule has 0 atom stereocenters. The van der Waals surface area contributed by atoms with Gasteiger partial charge in [0.05, 0.1) is 0 Å². The summed E-state index contributed by atoms with van der Waals surface area (Å²) in [5, 5.41) is 1.26. The number of fused-ring (bicyclic) bond motifs is 1. The minimum Gasteiger partial charge on any atom is -0.358 e. The van der Waals surface area contributed by atoms with Crippen molar-refractivity contribution < 1.29 is 0 Å². The number of rotatable bonds is 3. The molecule has 2 aromatic rings. The highest BCUT2D eigenvalue weighted by molar-refractivity contribution is 5.86.